The van der Waals surface area contributed by atoms with E-state index in [1.165, 1.54) is 44.9 Å². The summed E-state index contributed by atoms with van der Waals surface area (Å²) in [5, 5.41) is 1.78. The van der Waals surface area contributed by atoms with Gasteiger partial charge < -0.3 is 0 Å². The minimum absolute atomic E-state index is 0.0290. The Labute approximate surface area is 100 Å². The zero-order valence-corrected chi connectivity index (χ0v) is 11.3. The van der Waals surface area contributed by atoms with E-state index in [9.17, 15) is 0 Å². The van der Waals surface area contributed by atoms with Gasteiger partial charge in [0, 0.05) is 4.75 Å². The molecule has 0 aromatic carbocycles. The van der Waals surface area contributed by atoms with Crippen LogP contribution in [0.1, 0.15) is 65.2 Å². The van der Waals surface area contributed by atoms with Crippen molar-refractivity contribution in [3.63, 3.8) is 0 Å². The van der Waals surface area contributed by atoms with Gasteiger partial charge in [0.2, 0.25) is 0 Å². The highest BCUT2D eigenvalue weighted by atomic mass is 32.1. The van der Waals surface area contributed by atoms with Crippen molar-refractivity contribution >= 4 is 30.2 Å². The molecular weight excluding hydrogens is 208 g/mol. The first-order valence-corrected chi connectivity index (χ1v) is 6.73. The molecule has 1 unspecified atom stereocenters. The van der Waals surface area contributed by atoms with E-state index in [0.29, 0.717) is 0 Å². The van der Waals surface area contributed by atoms with Crippen LogP contribution in [-0.2, 0) is 0 Å². The Morgan fingerprint density at radius 1 is 1.07 bits per heavy atom. The van der Waals surface area contributed by atoms with Gasteiger partial charge in [-0.05, 0) is 18.7 Å². The SMILES string of the molecule is CCCCCCCCCC(C)(S)C=S. The molecule has 2 heteroatoms. The Morgan fingerprint density at radius 2 is 1.57 bits per heavy atom. The topological polar surface area (TPSA) is 0 Å². The second kappa shape index (κ2) is 8.72. The molecule has 0 saturated heterocycles. The zero-order valence-electron chi connectivity index (χ0n) is 9.59. The van der Waals surface area contributed by atoms with Crippen LogP contribution >= 0.6 is 24.8 Å². The highest BCUT2D eigenvalue weighted by Crippen LogP contribution is 2.20. The fraction of sp³-hybridized carbons (Fsp3) is 0.917. The quantitative estimate of drug-likeness (QED) is 0.338. The molecular formula is C12H24S2. The third-order valence-electron chi connectivity index (χ3n) is 2.54. The number of hydrogen-bond donors (Lipinski definition) is 1. The summed E-state index contributed by atoms with van der Waals surface area (Å²) in [5.74, 6) is 0. The average molecular weight is 232 g/mol. The van der Waals surface area contributed by atoms with Crippen molar-refractivity contribution in [3.8, 4) is 0 Å². The van der Waals surface area contributed by atoms with Gasteiger partial charge in [0.15, 0.2) is 0 Å². The number of hydrogen-bond acceptors (Lipinski definition) is 2. The number of unbranched alkanes of at least 4 members (excludes halogenated alkanes) is 6. The van der Waals surface area contributed by atoms with Crippen LogP contribution in [0.15, 0.2) is 0 Å². The van der Waals surface area contributed by atoms with Crippen LogP contribution in [0.4, 0.5) is 0 Å². The molecule has 0 bridgehead atoms. The minimum Gasteiger partial charge on any atom is -0.168 e. The third kappa shape index (κ3) is 9.01. The summed E-state index contributed by atoms with van der Waals surface area (Å²) in [4.78, 5) is 0. The van der Waals surface area contributed by atoms with Gasteiger partial charge in [-0.3, -0.25) is 0 Å². The van der Waals surface area contributed by atoms with Gasteiger partial charge in [-0.15, -0.1) is 0 Å². The third-order valence-corrected chi connectivity index (χ3v) is 3.59. The lowest BCUT2D eigenvalue weighted by Gasteiger charge is -2.16. The standard InChI is InChI=1S/C12H24S2/c1-3-4-5-6-7-8-9-10-12(2,14)11-13/h11,14H,3-10H2,1-2H3. The molecule has 0 N–H and O–H groups in total. The van der Waals surface area contributed by atoms with Crippen LogP contribution in [0.25, 0.3) is 0 Å². The first kappa shape index (κ1) is 14.4. The predicted octanol–water partition coefficient (Wildman–Crippen LogP) is 4.82. The van der Waals surface area contributed by atoms with E-state index in [2.05, 4.69) is 26.5 Å². The molecule has 0 spiro atoms. The van der Waals surface area contributed by atoms with Crippen LogP contribution in [-0.4, -0.2) is 10.1 Å². The van der Waals surface area contributed by atoms with E-state index < -0.39 is 0 Å². The summed E-state index contributed by atoms with van der Waals surface area (Å²) >= 11 is 9.41. The molecule has 0 saturated carbocycles. The van der Waals surface area contributed by atoms with Gasteiger partial charge >= 0.3 is 0 Å². The van der Waals surface area contributed by atoms with E-state index in [-0.39, 0.29) is 4.75 Å². The molecule has 0 aromatic rings. The van der Waals surface area contributed by atoms with Crippen molar-refractivity contribution in [2.45, 2.75) is 70.0 Å². The van der Waals surface area contributed by atoms with Crippen molar-refractivity contribution in [2.75, 3.05) is 0 Å². The number of thiol groups is 1. The fourth-order valence-electron chi connectivity index (χ4n) is 1.50. The molecule has 0 nitrogen and oxygen atoms in total. The molecule has 1 atom stereocenters. The van der Waals surface area contributed by atoms with E-state index in [1.54, 1.807) is 5.37 Å². The van der Waals surface area contributed by atoms with E-state index in [1.807, 2.05) is 0 Å². The maximum atomic E-state index is 4.92. The Morgan fingerprint density at radius 3 is 2.07 bits per heavy atom. The molecule has 0 aromatic heterocycles. The first-order valence-electron chi connectivity index (χ1n) is 5.81. The smallest absolute Gasteiger partial charge is 0.0383 e. The van der Waals surface area contributed by atoms with E-state index in [4.69, 9.17) is 12.2 Å². The highest BCUT2D eigenvalue weighted by molar-refractivity contribution is 7.86. The lowest BCUT2D eigenvalue weighted by molar-refractivity contribution is 0.565. The van der Waals surface area contributed by atoms with Crippen molar-refractivity contribution in [2.24, 2.45) is 0 Å². The summed E-state index contributed by atoms with van der Waals surface area (Å²) in [7, 11) is 0. The summed E-state index contributed by atoms with van der Waals surface area (Å²) in [6.07, 6.45) is 10.6. The Hall–Kier alpha value is 0.440. The van der Waals surface area contributed by atoms with Gasteiger partial charge in [-0.2, -0.15) is 12.6 Å². The monoisotopic (exact) mass is 232 g/mol. The van der Waals surface area contributed by atoms with Crippen LogP contribution < -0.4 is 0 Å². The van der Waals surface area contributed by atoms with Crippen molar-refractivity contribution in [3.05, 3.63) is 0 Å². The largest absolute Gasteiger partial charge is 0.168 e. The van der Waals surface area contributed by atoms with Gasteiger partial charge in [-0.1, -0.05) is 64.1 Å². The molecule has 14 heavy (non-hydrogen) atoms. The van der Waals surface area contributed by atoms with Crippen LogP contribution in [0.2, 0.25) is 0 Å². The lowest BCUT2D eigenvalue weighted by Crippen LogP contribution is -2.16. The molecule has 0 aliphatic rings. The van der Waals surface area contributed by atoms with Gasteiger partial charge in [0.1, 0.15) is 0 Å². The summed E-state index contributed by atoms with van der Waals surface area (Å²) in [6.45, 7) is 4.35. The lowest BCUT2D eigenvalue weighted by atomic mass is 10.0. The van der Waals surface area contributed by atoms with Crippen LogP contribution in [0, 0.1) is 0 Å². The maximum Gasteiger partial charge on any atom is 0.0383 e. The van der Waals surface area contributed by atoms with Crippen LogP contribution in [0.5, 0.6) is 0 Å². The first-order chi connectivity index (χ1) is 6.62. The van der Waals surface area contributed by atoms with Gasteiger partial charge in [0.05, 0.1) is 0 Å². The summed E-state index contributed by atoms with van der Waals surface area (Å²) < 4.78 is -0.0290. The zero-order chi connectivity index (χ0) is 10.9. The molecule has 0 amide bonds. The maximum absolute atomic E-state index is 4.92. The Kier molecular flexibility index (Phi) is 9.00. The van der Waals surface area contributed by atoms with Crippen LogP contribution in [0.3, 0.4) is 0 Å². The van der Waals surface area contributed by atoms with E-state index >= 15 is 0 Å². The number of thiocarbonyl (C=S) groups is 1. The molecule has 0 rings (SSSR count). The molecule has 0 heterocycles. The molecule has 84 valence electrons. The Bertz CT molecular complexity index is 141. The predicted molar refractivity (Wildman–Crippen MR) is 73.7 cm³/mol. The Balaban J connectivity index is 3.17. The van der Waals surface area contributed by atoms with Gasteiger partial charge in [-0.25, -0.2) is 0 Å². The number of rotatable bonds is 9. The second-order valence-electron chi connectivity index (χ2n) is 4.35. The van der Waals surface area contributed by atoms with Crippen molar-refractivity contribution < 1.29 is 0 Å². The minimum atomic E-state index is -0.0290. The molecule has 0 aliphatic carbocycles. The van der Waals surface area contributed by atoms with E-state index in [0.717, 1.165) is 6.42 Å². The van der Waals surface area contributed by atoms with Crippen molar-refractivity contribution in [1.29, 1.82) is 0 Å². The average Bonchev–Trinajstić information content (AvgIpc) is 2.16. The second-order valence-corrected chi connectivity index (χ2v) is 5.60. The van der Waals surface area contributed by atoms with Gasteiger partial charge in [0.25, 0.3) is 0 Å². The molecule has 0 radical (unpaired) electrons. The highest BCUT2D eigenvalue weighted by Gasteiger charge is 2.13. The fourth-order valence-corrected chi connectivity index (χ4v) is 1.77. The molecule has 0 aliphatic heterocycles. The normalized spacial score (nSPS) is 15.1. The summed E-state index contributed by atoms with van der Waals surface area (Å²) in [5.41, 5.74) is 0. The summed E-state index contributed by atoms with van der Waals surface area (Å²) in [6, 6.07) is 0. The molecule has 0 fully saturated rings. The van der Waals surface area contributed by atoms with Crippen molar-refractivity contribution in [1.82, 2.24) is 0 Å².